The first-order valence-corrected chi connectivity index (χ1v) is 12.0. The van der Waals surface area contributed by atoms with E-state index in [1.807, 2.05) is 36.5 Å². The van der Waals surface area contributed by atoms with Crippen LogP contribution in [0.5, 0.6) is 0 Å². The standard InChI is InChI=1S/C24H27N11O/c1-3-5-13-35-23(28-31-32-35)34-16-18(8-4-2)33(24(34)36)15-17-14-25-12-11-19(17)20-9-6-7-10-21(20)22-26-29-30-27-22/h6-7,9-12,14,16H,3-5,8,13,15H2,1-2H3,(H,26,27,29,30). The number of unbranched alkanes of at least 4 members (excludes halogenated alkanes) is 1. The largest absolute Gasteiger partial charge is 0.335 e. The molecule has 36 heavy (non-hydrogen) atoms. The van der Waals surface area contributed by atoms with Gasteiger partial charge >= 0.3 is 5.69 Å². The summed E-state index contributed by atoms with van der Waals surface area (Å²) < 4.78 is 5.01. The molecule has 0 aliphatic heterocycles. The van der Waals surface area contributed by atoms with Gasteiger partial charge < -0.3 is 0 Å². The summed E-state index contributed by atoms with van der Waals surface area (Å²) >= 11 is 0. The minimum absolute atomic E-state index is 0.187. The molecule has 0 radical (unpaired) electrons. The number of tetrazole rings is 2. The van der Waals surface area contributed by atoms with Crippen molar-refractivity contribution in [3.8, 4) is 28.5 Å². The minimum atomic E-state index is -0.187. The van der Waals surface area contributed by atoms with Crippen LogP contribution in [0.1, 0.15) is 44.4 Å². The van der Waals surface area contributed by atoms with Gasteiger partial charge in [-0.05, 0) is 56.5 Å². The van der Waals surface area contributed by atoms with Gasteiger partial charge in [0, 0.05) is 36.4 Å². The SMILES string of the molecule is CCCCn1nnnc1-n1cc(CCC)n(Cc2cnccc2-c2ccccc2-c2nnn[nH]2)c1=O. The number of imidazole rings is 1. The summed E-state index contributed by atoms with van der Waals surface area (Å²) in [6.45, 7) is 5.20. The Morgan fingerprint density at radius 2 is 1.83 bits per heavy atom. The third kappa shape index (κ3) is 4.44. The van der Waals surface area contributed by atoms with E-state index in [-0.39, 0.29) is 5.69 Å². The van der Waals surface area contributed by atoms with Crippen molar-refractivity contribution in [1.82, 2.24) is 54.9 Å². The number of aryl methyl sites for hydroxylation is 2. The van der Waals surface area contributed by atoms with Gasteiger partial charge in [0.15, 0.2) is 5.82 Å². The molecule has 0 amide bonds. The second-order valence-electron chi connectivity index (χ2n) is 8.49. The van der Waals surface area contributed by atoms with Crippen molar-refractivity contribution in [1.29, 1.82) is 0 Å². The van der Waals surface area contributed by atoms with Crippen LogP contribution in [0, 0.1) is 0 Å². The van der Waals surface area contributed by atoms with Gasteiger partial charge in [0.05, 0.1) is 6.54 Å². The molecular weight excluding hydrogens is 458 g/mol. The Kier molecular flexibility index (Phi) is 6.74. The summed E-state index contributed by atoms with van der Waals surface area (Å²) in [4.78, 5) is 18.0. The number of benzene rings is 1. The van der Waals surface area contributed by atoms with Crippen molar-refractivity contribution in [2.45, 2.75) is 52.6 Å². The van der Waals surface area contributed by atoms with Gasteiger partial charge in [0.25, 0.3) is 5.95 Å². The molecule has 5 rings (SSSR count). The van der Waals surface area contributed by atoms with Gasteiger partial charge in [0.1, 0.15) is 0 Å². The van der Waals surface area contributed by atoms with Crippen LogP contribution in [0.15, 0.2) is 53.7 Å². The van der Waals surface area contributed by atoms with Crippen molar-refractivity contribution in [3.63, 3.8) is 0 Å². The lowest BCUT2D eigenvalue weighted by molar-refractivity contribution is 0.540. The molecule has 4 aromatic heterocycles. The fourth-order valence-corrected chi connectivity index (χ4v) is 4.30. The summed E-state index contributed by atoms with van der Waals surface area (Å²) in [5.74, 6) is 1.00. The summed E-state index contributed by atoms with van der Waals surface area (Å²) in [5, 5.41) is 26.4. The van der Waals surface area contributed by atoms with Gasteiger partial charge in [-0.3, -0.25) is 9.55 Å². The number of rotatable bonds is 10. The van der Waals surface area contributed by atoms with Crippen LogP contribution >= 0.6 is 0 Å². The molecule has 12 nitrogen and oxygen atoms in total. The molecule has 1 N–H and O–H groups in total. The first-order chi connectivity index (χ1) is 17.7. The number of hydrogen-bond acceptors (Lipinski definition) is 8. The van der Waals surface area contributed by atoms with Gasteiger partial charge in [-0.1, -0.05) is 56.1 Å². The van der Waals surface area contributed by atoms with E-state index in [1.165, 1.54) is 0 Å². The molecule has 0 aliphatic rings. The Balaban J connectivity index is 1.58. The number of aromatic nitrogens is 11. The van der Waals surface area contributed by atoms with Crippen LogP contribution in [-0.2, 0) is 19.5 Å². The molecule has 0 unspecified atom stereocenters. The Morgan fingerprint density at radius 3 is 2.61 bits per heavy atom. The van der Waals surface area contributed by atoms with E-state index in [0.717, 1.165) is 53.6 Å². The molecule has 0 saturated carbocycles. The van der Waals surface area contributed by atoms with E-state index in [1.54, 1.807) is 26.2 Å². The lowest BCUT2D eigenvalue weighted by atomic mass is 9.96. The predicted molar refractivity (Wildman–Crippen MR) is 132 cm³/mol. The predicted octanol–water partition coefficient (Wildman–Crippen LogP) is 2.67. The highest BCUT2D eigenvalue weighted by Crippen LogP contribution is 2.32. The second kappa shape index (κ2) is 10.4. The van der Waals surface area contributed by atoms with Crippen LogP contribution in [0.2, 0.25) is 0 Å². The van der Waals surface area contributed by atoms with Crippen LogP contribution in [0.25, 0.3) is 28.5 Å². The van der Waals surface area contributed by atoms with Gasteiger partial charge in [-0.2, -0.15) is 0 Å². The first kappa shape index (κ1) is 23.3. The third-order valence-corrected chi connectivity index (χ3v) is 6.07. The Bertz CT molecular complexity index is 1500. The molecule has 4 heterocycles. The smallest absolute Gasteiger partial charge is 0.291 e. The lowest BCUT2D eigenvalue weighted by Gasteiger charge is -2.13. The van der Waals surface area contributed by atoms with E-state index in [4.69, 9.17) is 0 Å². The topological polar surface area (TPSA) is 138 Å². The average Bonchev–Trinajstić information content (AvgIpc) is 3.66. The highest BCUT2D eigenvalue weighted by atomic mass is 16.2. The van der Waals surface area contributed by atoms with Crippen LogP contribution in [0.3, 0.4) is 0 Å². The monoisotopic (exact) mass is 485 g/mol. The first-order valence-electron chi connectivity index (χ1n) is 12.0. The van der Waals surface area contributed by atoms with Gasteiger partial charge in [0.2, 0.25) is 0 Å². The van der Waals surface area contributed by atoms with E-state index < -0.39 is 0 Å². The zero-order chi connectivity index (χ0) is 24.9. The molecule has 0 saturated heterocycles. The molecular formula is C24H27N11O. The van der Waals surface area contributed by atoms with Crippen molar-refractivity contribution >= 4 is 0 Å². The molecule has 184 valence electrons. The van der Waals surface area contributed by atoms with Gasteiger partial charge in [-0.15, -0.1) is 5.10 Å². The number of pyridine rings is 1. The van der Waals surface area contributed by atoms with E-state index in [2.05, 4.69) is 55.0 Å². The van der Waals surface area contributed by atoms with Crippen LogP contribution < -0.4 is 5.69 Å². The van der Waals surface area contributed by atoms with Crippen molar-refractivity contribution < 1.29 is 0 Å². The number of aromatic amines is 1. The van der Waals surface area contributed by atoms with Crippen molar-refractivity contribution in [3.05, 3.63) is 70.7 Å². The third-order valence-electron chi connectivity index (χ3n) is 6.07. The highest BCUT2D eigenvalue weighted by molar-refractivity contribution is 5.81. The Labute approximate surface area is 207 Å². The summed E-state index contributed by atoms with van der Waals surface area (Å²) in [6, 6.07) is 9.83. The Hall–Kier alpha value is -4.48. The molecule has 0 bridgehead atoms. The molecule has 5 aromatic rings. The van der Waals surface area contributed by atoms with Crippen molar-refractivity contribution in [2.75, 3.05) is 0 Å². The molecule has 1 aromatic carbocycles. The van der Waals surface area contributed by atoms with Crippen molar-refractivity contribution in [2.24, 2.45) is 0 Å². The molecule has 0 aliphatic carbocycles. The normalized spacial score (nSPS) is 11.3. The number of nitrogens with one attached hydrogen (secondary N) is 1. The highest BCUT2D eigenvalue weighted by Gasteiger charge is 2.19. The molecule has 0 spiro atoms. The number of hydrogen-bond donors (Lipinski definition) is 1. The van der Waals surface area contributed by atoms with Crippen LogP contribution in [0.4, 0.5) is 0 Å². The number of H-pyrrole nitrogens is 1. The molecule has 0 atom stereocenters. The summed E-state index contributed by atoms with van der Waals surface area (Å²) in [7, 11) is 0. The van der Waals surface area contributed by atoms with E-state index in [0.29, 0.717) is 24.9 Å². The van der Waals surface area contributed by atoms with E-state index in [9.17, 15) is 4.79 Å². The van der Waals surface area contributed by atoms with E-state index >= 15 is 0 Å². The quantitative estimate of drug-likeness (QED) is 0.319. The van der Waals surface area contributed by atoms with Crippen LogP contribution in [-0.4, -0.2) is 54.9 Å². The minimum Gasteiger partial charge on any atom is -0.291 e. The average molecular weight is 486 g/mol. The maximum atomic E-state index is 13.7. The molecule has 12 heteroatoms. The lowest BCUT2D eigenvalue weighted by Crippen LogP contribution is -2.27. The zero-order valence-electron chi connectivity index (χ0n) is 20.2. The Morgan fingerprint density at radius 1 is 0.972 bits per heavy atom. The second-order valence-corrected chi connectivity index (χ2v) is 8.49. The van der Waals surface area contributed by atoms with Gasteiger partial charge in [-0.25, -0.2) is 19.1 Å². The maximum Gasteiger partial charge on any atom is 0.335 e. The number of nitrogens with zero attached hydrogens (tertiary/aromatic N) is 10. The maximum absolute atomic E-state index is 13.7. The summed E-state index contributed by atoms with van der Waals surface area (Å²) in [5.41, 5.74) is 4.39. The zero-order valence-corrected chi connectivity index (χ0v) is 20.2. The fourth-order valence-electron chi connectivity index (χ4n) is 4.30. The fraction of sp³-hybridized carbons (Fsp3) is 0.333. The molecule has 0 fully saturated rings. The summed E-state index contributed by atoms with van der Waals surface area (Å²) in [6.07, 6.45) is 8.97.